The lowest BCUT2D eigenvalue weighted by atomic mass is 10.00. The Morgan fingerprint density at radius 2 is 0.516 bits per heavy atom. The predicted octanol–water partition coefficient (Wildman–Crippen LogP) is 21.3. The first-order chi connectivity index (χ1) is 44.6. The number of rotatable bonds is 71. The number of unbranched alkanes of at least 4 members (excludes halogenated alkanes) is 36. The van der Waals surface area contributed by atoms with Crippen molar-refractivity contribution in [3.05, 3.63) is 0 Å². The number of aliphatic hydroxyl groups excluding tert-OH is 1. The third-order valence-electron chi connectivity index (χ3n) is 17.4. The number of hydrogen-bond acceptors (Lipinski definition) is 15. The van der Waals surface area contributed by atoms with E-state index < -0.39 is 97.5 Å². The zero-order valence-electron chi connectivity index (χ0n) is 60.9. The lowest BCUT2D eigenvalue weighted by molar-refractivity contribution is -0.161. The standard InChI is InChI=1S/C74H144O17P2/c1-9-67(8)53-45-37-32-33-41-49-57-74(79)91-70(61-85-72(77)55-47-39-31-25-28-36-44-52-66(6)7)63-89-93(82,83)87-59-68(75)58-86-92(80,81)88-62-69(60-84-71(76)54-46-38-29-23-19-16-15-18-22-27-35-43-51-65(4)5)90-73(78)56-48-40-30-24-20-14-12-10-11-13-17-21-26-34-42-50-64(2)3/h64-70,75H,9-63H2,1-8H3,(H,80,81)(H,82,83)/t67?,68?,69-,70-/m1/s1. The molecule has 3 N–H and O–H groups in total. The van der Waals surface area contributed by atoms with Gasteiger partial charge in [-0.25, -0.2) is 9.13 Å². The van der Waals surface area contributed by atoms with Gasteiger partial charge < -0.3 is 33.8 Å². The second-order valence-electron chi connectivity index (χ2n) is 28.4. The molecule has 0 rings (SSSR count). The van der Waals surface area contributed by atoms with E-state index in [1.165, 1.54) is 167 Å². The monoisotopic (exact) mass is 1370 g/mol. The largest absolute Gasteiger partial charge is 0.472 e. The van der Waals surface area contributed by atoms with E-state index in [9.17, 15) is 43.2 Å². The minimum absolute atomic E-state index is 0.102. The molecule has 0 fully saturated rings. The van der Waals surface area contributed by atoms with Crippen molar-refractivity contribution >= 4 is 39.5 Å². The molecule has 0 aliphatic carbocycles. The van der Waals surface area contributed by atoms with Gasteiger partial charge in [0.2, 0.25) is 0 Å². The van der Waals surface area contributed by atoms with Crippen molar-refractivity contribution in [2.75, 3.05) is 39.6 Å². The summed E-state index contributed by atoms with van der Waals surface area (Å²) in [4.78, 5) is 72.7. The number of hydrogen-bond donors (Lipinski definition) is 3. The van der Waals surface area contributed by atoms with Crippen molar-refractivity contribution in [2.45, 2.75) is 388 Å². The van der Waals surface area contributed by atoms with Crippen molar-refractivity contribution < 1.29 is 80.2 Å². The second kappa shape index (κ2) is 63.5. The normalized spacial score (nSPS) is 14.5. The van der Waals surface area contributed by atoms with Crippen molar-refractivity contribution in [3.8, 4) is 0 Å². The molecule has 93 heavy (non-hydrogen) atoms. The van der Waals surface area contributed by atoms with Crippen LogP contribution in [0.25, 0.3) is 0 Å². The first-order valence-electron chi connectivity index (χ1n) is 38.2. The molecule has 0 amide bonds. The number of ether oxygens (including phenoxy) is 4. The molecule has 0 aromatic heterocycles. The van der Waals surface area contributed by atoms with Gasteiger partial charge in [0.15, 0.2) is 12.2 Å². The molecule has 17 nitrogen and oxygen atoms in total. The van der Waals surface area contributed by atoms with Crippen LogP contribution in [-0.4, -0.2) is 96.7 Å². The summed E-state index contributed by atoms with van der Waals surface area (Å²) >= 11 is 0. The zero-order valence-corrected chi connectivity index (χ0v) is 62.7. The molecule has 552 valence electrons. The van der Waals surface area contributed by atoms with Gasteiger partial charge in [0.1, 0.15) is 19.3 Å². The summed E-state index contributed by atoms with van der Waals surface area (Å²) in [5.74, 6) is 0.883. The number of carbonyl (C=O) groups excluding carboxylic acids is 4. The Kier molecular flexibility index (Phi) is 62.2. The van der Waals surface area contributed by atoms with Gasteiger partial charge in [0, 0.05) is 25.7 Å². The van der Waals surface area contributed by atoms with Gasteiger partial charge in [-0.15, -0.1) is 0 Å². The Hall–Kier alpha value is -1.94. The van der Waals surface area contributed by atoms with Gasteiger partial charge in [0.05, 0.1) is 26.4 Å². The Bertz CT molecular complexity index is 1840. The Labute approximate surface area is 568 Å². The average Bonchev–Trinajstić information content (AvgIpc) is 1.73. The van der Waals surface area contributed by atoms with E-state index in [4.69, 9.17) is 37.0 Å². The van der Waals surface area contributed by atoms with Crippen LogP contribution in [0, 0.1) is 23.7 Å². The number of phosphoric ester groups is 2. The minimum atomic E-state index is -4.96. The maximum Gasteiger partial charge on any atom is 0.472 e. The summed E-state index contributed by atoms with van der Waals surface area (Å²) in [7, 11) is -9.91. The van der Waals surface area contributed by atoms with Gasteiger partial charge in [-0.05, 0) is 49.4 Å². The molecule has 0 saturated heterocycles. The fourth-order valence-corrected chi connectivity index (χ4v) is 12.7. The summed E-state index contributed by atoms with van der Waals surface area (Å²) in [6.45, 7) is 14.1. The van der Waals surface area contributed by atoms with Crippen LogP contribution in [0.2, 0.25) is 0 Å². The molecule has 0 aliphatic rings. The lowest BCUT2D eigenvalue weighted by Crippen LogP contribution is -2.30. The highest BCUT2D eigenvalue weighted by Crippen LogP contribution is 2.45. The Balaban J connectivity index is 5.24. The van der Waals surface area contributed by atoms with E-state index in [1.807, 2.05) is 0 Å². The molecule has 0 aromatic carbocycles. The van der Waals surface area contributed by atoms with E-state index in [0.29, 0.717) is 31.6 Å². The van der Waals surface area contributed by atoms with Crippen molar-refractivity contribution in [1.29, 1.82) is 0 Å². The summed E-state index contributed by atoms with van der Waals surface area (Å²) in [5, 5.41) is 10.6. The first kappa shape index (κ1) is 91.1. The molecule has 0 bridgehead atoms. The fourth-order valence-electron chi connectivity index (χ4n) is 11.2. The molecule has 0 saturated carbocycles. The summed E-state index contributed by atoms with van der Waals surface area (Å²) < 4.78 is 68.4. The maximum atomic E-state index is 13.1. The molecule has 0 aliphatic heterocycles. The van der Waals surface area contributed by atoms with Crippen LogP contribution >= 0.6 is 15.6 Å². The van der Waals surface area contributed by atoms with Crippen molar-refractivity contribution in [2.24, 2.45) is 23.7 Å². The van der Waals surface area contributed by atoms with Crippen LogP contribution in [0.15, 0.2) is 0 Å². The smallest absolute Gasteiger partial charge is 0.462 e. The number of esters is 4. The van der Waals surface area contributed by atoms with E-state index in [-0.39, 0.29) is 25.7 Å². The number of phosphoric acid groups is 2. The third-order valence-corrected chi connectivity index (χ3v) is 19.3. The number of aliphatic hydroxyl groups is 1. The van der Waals surface area contributed by atoms with Gasteiger partial charge in [0.25, 0.3) is 0 Å². The van der Waals surface area contributed by atoms with Crippen LogP contribution < -0.4 is 0 Å². The third kappa shape index (κ3) is 67.0. The summed E-state index contributed by atoms with van der Waals surface area (Å²) in [6.07, 6.45) is 47.3. The molecule has 0 radical (unpaired) electrons. The SMILES string of the molecule is CCC(C)CCCCCCCCC(=O)O[C@H](COC(=O)CCCCCCCCCC(C)C)COP(=O)(O)OCC(O)COP(=O)(O)OC[C@@H](COC(=O)CCCCCCCCCCCCCCC(C)C)OC(=O)CCCCCCCCCCCCCCCCCC(C)C. The van der Waals surface area contributed by atoms with E-state index in [2.05, 4.69) is 55.4 Å². The van der Waals surface area contributed by atoms with Crippen molar-refractivity contribution in [1.82, 2.24) is 0 Å². The molecule has 0 aromatic rings. The minimum Gasteiger partial charge on any atom is -0.462 e. The van der Waals surface area contributed by atoms with Gasteiger partial charge >= 0.3 is 39.5 Å². The van der Waals surface area contributed by atoms with Crippen LogP contribution in [-0.2, 0) is 65.4 Å². The highest BCUT2D eigenvalue weighted by atomic mass is 31.2. The molecule has 6 atom stereocenters. The first-order valence-corrected chi connectivity index (χ1v) is 41.2. The van der Waals surface area contributed by atoms with Crippen LogP contribution in [0.4, 0.5) is 0 Å². The van der Waals surface area contributed by atoms with Crippen LogP contribution in [0.1, 0.15) is 370 Å². The van der Waals surface area contributed by atoms with E-state index in [1.54, 1.807) is 0 Å². The van der Waals surface area contributed by atoms with Gasteiger partial charge in [-0.3, -0.25) is 37.3 Å². The second-order valence-corrected chi connectivity index (χ2v) is 31.3. The topological polar surface area (TPSA) is 237 Å². The van der Waals surface area contributed by atoms with Gasteiger partial charge in [-0.2, -0.15) is 0 Å². The quantitative estimate of drug-likeness (QED) is 0.0222. The molecule has 0 spiro atoms. The summed E-state index contributed by atoms with van der Waals surface area (Å²) in [5.41, 5.74) is 0. The Morgan fingerprint density at radius 1 is 0.301 bits per heavy atom. The highest BCUT2D eigenvalue weighted by Gasteiger charge is 2.30. The zero-order chi connectivity index (χ0) is 68.9. The Morgan fingerprint density at radius 3 is 0.763 bits per heavy atom. The van der Waals surface area contributed by atoms with Crippen LogP contribution in [0.5, 0.6) is 0 Å². The van der Waals surface area contributed by atoms with Crippen LogP contribution in [0.3, 0.4) is 0 Å². The predicted molar refractivity (Wildman–Crippen MR) is 377 cm³/mol. The number of carbonyl (C=O) groups is 4. The van der Waals surface area contributed by atoms with E-state index in [0.717, 1.165) is 114 Å². The maximum absolute atomic E-state index is 13.1. The molecular weight excluding hydrogens is 1220 g/mol. The van der Waals surface area contributed by atoms with Gasteiger partial charge in [-0.1, -0.05) is 319 Å². The average molecular weight is 1370 g/mol. The van der Waals surface area contributed by atoms with Crippen molar-refractivity contribution in [3.63, 3.8) is 0 Å². The summed E-state index contributed by atoms with van der Waals surface area (Å²) in [6, 6.07) is 0. The molecule has 19 heteroatoms. The molecule has 4 unspecified atom stereocenters. The molecular formula is C74H144O17P2. The van der Waals surface area contributed by atoms with E-state index >= 15 is 0 Å². The molecule has 0 heterocycles. The lowest BCUT2D eigenvalue weighted by Gasteiger charge is -2.21. The highest BCUT2D eigenvalue weighted by molar-refractivity contribution is 7.47. The fraction of sp³-hybridized carbons (Fsp3) is 0.946.